The van der Waals surface area contributed by atoms with E-state index in [1.807, 2.05) is 30.0 Å². The summed E-state index contributed by atoms with van der Waals surface area (Å²) in [6.07, 6.45) is -0.928. The van der Waals surface area contributed by atoms with Crippen LogP contribution in [0.2, 0.25) is 0 Å². The highest BCUT2D eigenvalue weighted by atomic mass is 16.5. The summed E-state index contributed by atoms with van der Waals surface area (Å²) in [5.41, 5.74) is 2.02. The second-order valence-electron chi connectivity index (χ2n) is 4.78. The van der Waals surface area contributed by atoms with Crippen molar-refractivity contribution < 1.29 is 14.9 Å². The Labute approximate surface area is 109 Å². The first-order valence-corrected chi connectivity index (χ1v) is 6.19. The van der Waals surface area contributed by atoms with Crippen LogP contribution in [0.5, 0.6) is 5.75 Å². The van der Waals surface area contributed by atoms with Crippen LogP contribution in [0.15, 0.2) is 18.2 Å². The van der Waals surface area contributed by atoms with Crippen LogP contribution in [0, 0.1) is 6.92 Å². The number of hydrogen-bond acceptors (Lipinski definition) is 4. The van der Waals surface area contributed by atoms with Crippen molar-refractivity contribution in [1.82, 2.24) is 0 Å². The average molecular weight is 253 g/mol. The molecule has 2 atom stereocenters. The Morgan fingerprint density at radius 2 is 1.72 bits per heavy atom. The van der Waals surface area contributed by atoms with Crippen molar-refractivity contribution in [3.05, 3.63) is 23.8 Å². The van der Waals surface area contributed by atoms with Crippen molar-refractivity contribution in [1.29, 1.82) is 0 Å². The van der Waals surface area contributed by atoms with E-state index < -0.39 is 12.2 Å². The molecule has 0 aliphatic carbocycles. The summed E-state index contributed by atoms with van der Waals surface area (Å²) < 4.78 is 5.34. The SMILES string of the molecule is COc1ccc(C)cc1N(CC(C)O)CC(C)O. The molecule has 0 bridgehead atoms. The van der Waals surface area contributed by atoms with Crippen LogP contribution in [0.25, 0.3) is 0 Å². The Kier molecular flexibility index (Phi) is 5.44. The molecular formula is C14H23NO3. The number of anilines is 1. The lowest BCUT2D eigenvalue weighted by Gasteiger charge is -2.29. The summed E-state index contributed by atoms with van der Waals surface area (Å²) in [4.78, 5) is 1.95. The van der Waals surface area contributed by atoms with Gasteiger partial charge in [0.15, 0.2) is 0 Å². The lowest BCUT2D eigenvalue weighted by atomic mass is 10.1. The molecule has 0 spiro atoms. The van der Waals surface area contributed by atoms with Gasteiger partial charge in [0.2, 0.25) is 0 Å². The zero-order chi connectivity index (χ0) is 13.7. The predicted octanol–water partition coefficient (Wildman–Crippen LogP) is 1.57. The average Bonchev–Trinajstić information content (AvgIpc) is 2.26. The molecule has 1 aromatic carbocycles. The van der Waals surface area contributed by atoms with Gasteiger partial charge in [-0.25, -0.2) is 0 Å². The highest BCUT2D eigenvalue weighted by Gasteiger charge is 2.16. The number of aliphatic hydroxyl groups is 2. The van der Waals surface area contributed by atoms with E-state index in [2.05, 4.69) is 0 Å². The number of benzene rings is 1. The van der Waals surface area contributed by atoms with E-state index in [1.165, 1.54) is 0 Å². The number of hydrogen-bond donors (Lipinski definition) is 2. The topological polar surface area (TPSA) is 52.9 Å². The van der Waals surface area contributed by atoms with E-state index in [4.69, 9.17) is 4.74 Å². The van der Waals surface area contributed by atoms with Crippen LogP contribution < -0.4 is 9.64 Å². The summed E-state index contributed by atoms with van der Waals surface area (Å²) in [7, 11) is 1.62. The highest BCUT2D eigenvalue weighted by molar-refractivity contribution is 5.60. The van der Waals surface area contributed by atoms with Crippen LogP contribution in [-0.4, -0.2) is 42.6 Å². The minimum atomic E-state index is -0.464. The molecule has 18 heavy (non-hydrogen) atoms. The molecule has 0 radical (unpaired) electrons. The fraction of sp³-hybridized carbons (Fsp3) is 0.571. The summed E-state index contributed by atoms with van der Waals surface area (Å²) in [6.45, 7) is 6.40. The van der Waals surface area contributed by atoms with Crippen molar-refractivity contribution in [2.75, 3.05) is 25.1 Å². The van der Waals surface area contributed by atoms with Gasteiger partial charge in [0.25, 0.3) is 0 Å². The maximum atomic E-state index is 9.57. The van der Waals surface area contributed by atoms with Gasteiger partial charge in [-0.05, 0) is 38.5 Å². The van der Waals surface area contributed by atoms with E-state index in [-0.39, 0.29) is 0 Å². The van der Waals surface area contributed by atoms with Gasteiger partial charge in [0, 0.05) is 13.1 Å². The van der Waals surface area contributed by atoms with Crippen LogP contribution in [0.1, 0.15) is 19.4 Å². The quantitative estimate of drug-likeness (QED) is 0.808. The largest absolute Gasteiger partial charge is 0.495 e. The predicted molar refractivity (Wildman–Crippen MR) is 73.3 cm³/mol. The van der Waals surface area contributed by atoms with Gasteiger partial charge < -0.3 is 19.8 Å². The Morgan fingerprint density at radius 3 is 2.17 bits per heavy atom. The molecule has 0 fully saturated rings. The van der Waals surface area contributed by atoms with Gasteiger partial charge in [-0.3, -0.25) is 0 Å². The minimum absolute atomic E-state index is 0.463. The van der Waals surface area contributed by atoms with Crippen LogP contribution in [-0.2, 0) is 0 Å². The minimum Gasteiger partial charge on any atom is -0.495 e. The van der Waals surface area contributed by atoms with Gasteiger partial charge in [-0.1, -0.05) is 6.07 Å². The molecule has 0 saturated heterocycles. The standard InChI is InChI=1S/C14H23NO3/c1-10-5-6-14(18-4)13(7-10)15(8-11(2)16)9-12(3)17/h5-7,11-12,16-17H,8-9H2,1-4H3. The van der Waals surface area contributed by atoms with Crippen molar-refractivity contribution >= 4 is 5.69 Å². The summed E-state index contributed by atoms with van der Waals surface area (Å²) in [5.74, 6) is 0.752. The molecule has 4 heteroatoms. The fourth-order valence-electron chi connectivity index (χ4n) is 1.96. The van der Waals surface area contributed by atoms with Gasteiger partial charge in [0.05, 0.1) is 25.0 Å². The Hall–Kier alpha value is -1.26. The molecule has 1 aromatic rings. The van der Waals surface area contributed by atoms with E-state index in [1.54, 1.807) is 21.0 Å². The monoisotopic (exact) mass is 253 g/mol. The fourth-order valence-corrected chi connectivity index (χ4v) is 1.96. The molecule has 0 heterocycles. The Morgan fingerprint density at radius 1 is 1.17 bits per heavy atom. The van der Waals surface area contributed by atoms with Crippen molar-refractivity contribution in [2.45, 2.75) is 33.0 Å². The van der Waals surface area contributed by atoms with Gasteiger partial charge in [0.1, 0.15) is 5.75 Å². The first kappa shape index (κ1) is 14.8. The van der Waals surface area contributed by atoms with Gasteiger partial charge >= 0.3 is 0 Å². The Balaban J connectivity index is 3.05. The highest BCUT2D eigenvalue weighted by Crippen LogP contribution is 2.29. The second kappa shape index (κ2) is 6.61. The molecule has 4 nitrogen and oxygen atoms in total. The van der Waals surface area contributed by atoms with E-state index in [0.717, 1.165) is 17.0 Å². The summed E-state index contributed by atoms with van der Waals surface area (Å²) in [5, 5.41) is 19.1. The first-order chi connectivity index (χ1) is 8.43. The molecule has 2 N–H and O–H groups in total. The lowest BCUT2D eigenvalue weighted by molar-refractivity contribution is 0.178. The van der Waals surface area contributed by atoms with Crippen LogP contribution >= 0.6 is 0 Å². The van der Waals surface area contributed by atoms with Crippen molar-refractivity contribution in [3.8, 4) is 5.75 Å². The zero-order valence-electron chi connectivity index (χ0n) is 11.6. The molecule has 0 saturated carbocycles. The lowest BCUT2D eigenvalue weighted by Crippen LogP contribution is -2.36. The maximum absolute atomic E-state index is 9.57. The van der Waals surface area contributed by atoms with Crippen molar-refractivity contribution in [3.63, 3.8) is 0 Å². The third kappa shape index (κ3) is 4.20. The second-order valence-corrected chi connectivity index (χ2v) is 4.78. The number of methoxy groups -OCH3 is 1. The molecular weight excluding hydrogens is 230 g/mol. The van der Waals surface area contributed by atoms with Gasteiger partial charge in [-0.15, -0.1) is 0 Å². The summed E-state index contributed by atoms with van der Waals surface area (Å²) in [6, 6.07) is 5.89. The zero-order valence-corrected chi connectivity index (χ0v) is 11.6. The molecule has 0 aliphatic rings. The van der Waals surface area contributed by atoms with E-state index in [9.17, 15) is 10.2 Å². The molecule has 0 amide bonds. The number of rotatable bonds is 6. The molecule has 0 aliphatic heterocycles. The smallest absolute Gasteiger partial charge is 0.142 e. The molecule has 2 unspecified atom stereocenters. The number of nitrogens with zero attached hydrogens (tertiary/aromatic N) is 1. The third-order valence-electron chi connectivity index (χ3n) is 2.64. The number of ether oxygens (including phenoxy) is 1. The van der Waals surface area contributed by atoms with Gasteiger partial charge in [-0.2, -0.15) is 0 Å². The van der Waals surface area contributed by atoms with Crippen LogP contribution in [0.3, 0.4) is 0 Å². The van der Waals surface area contributed by atoms with E-state index >= 15 is 0 Å². The van der Waals surface area contributed by atoms with E-state index in [0.29, 0.717) is 13.1 Å². The number of aliphatic hydroxyl groups excluding tert-OH is 2. The third-order valence-corrected chi connectivity index (χ3v) is 2.64. The maximum Gasteiger partial charge on any atom is 0.142 e. The van der Waals surface area contributed by atoms with Crippen LogP contribution in [0.4, 0.5) is 5.69 Å². The Bertz CT molecular complexity index is 367. The first-order valence-electron chi connectivity index (χ1n) is 6.19. The van der Waals surface area contributed by atoms with Crippen molar-refractivity contribution in [2.24, 2.45) is 0 Å². The summed E-state index contributed by atoms with van der Waals surface area (Å²) >= 11 is 0. The molecule has 1 rings (SSSR count). The normalized spacial score (nSPS) is 14.1. The number of aryl methyl sites for hydroxylation is 1. The molecule has 102 valence electrons. The molecule has 0 aromatic heterocycles.